The molecule has 0 spiro atoms. The van der Waals surface area contributed by atoms with Crippen LogP contribution in [0, 0.1) is 0 Å². The Balaban J connectivity index is 5.01. The van der Waals surface area contributed by atoms with Crippen molar-refractivity contribution in [1.29, 1.82) is 0 Å². The van der Waals surface area contributed by atoms with E-state index < -0.39 is 97.5 Å². The van der Waals surface area contributed by atoms with Gasteiger partial charge in [0.2, 0.25) is 0 Å². The number of unbranched alkanes of at least 4 members (excludes halogenated alkanes) is 21. The fourth-order valence-electron chi connectivity index (χ4n) is 6.43. The largest absolute Gasteiger partial charge is 0.472 e. The second kappa shape index (κ2) is 42.2. The summed E-state index contributed by atoms with van der Waals surface area (Å²) >= 11 is 0. The molecule has 65 heavy (non-hydrogen) atoms. The van der Waals surface area contributed by atoms with Gasteiger partial charge in [-0.05, 0) is 25.7 Å². The van der Waals surface area contributed by atoms with Crippen LogP contribution in [0.15, 0.2) is 0 Å². The van der Waals surface area contributed by atoms with Gasteiger partial charge in [-0.25, -0.2) is 9.13 Å². The van der Waals surface area contributed by atoms with Gasteiger partial charge < -0.3 is 33.8 Å². The molecule has 0 amide bonds. The van der Waals surface area contributed by atoms with E-state index in [4.69, 9.17) is 37.0 Å². The molecule has 384 valence electrons. The molecule has 2 unspecified atom stereocenters. The Kier molecular flexibility index (Phi) is 40.9. The van der Waals surface area contributed by atoms with E-state index in [1.54, 1.807) is 0 Å². The lowest BCUT2D eigenvalue weighted by Gasteiger charge is -2.21. The third kappa shape index (κ3) is 41.9. The molecule has 19 heteroatoms. The van der Waals surface area contributed by atoms with Crippen molar-refractivity contribution in [2.24, 2.45) is 0 Å². The van der Waals surface area contributed by atoms with Gasteiger partial charge in [-0.2, -0.15) is 0 Å². The van der Waals surface area contributed by atoms with Crippen LogP contribution in [0.5, 0.6) is 0 Å². The van der Waals surface area contributed by atoms with Gasteiger partial charge in [0.15, 0.2) is 12.2 Å². The lowest BCUT2D eigenvalue weighted by Crippen LogP contribution is -2.30. The number of aliphatic hydroxyl groups excluding tert-OH is 1. The standard InChI is InChI=1S/C46H88O17P2/c1-5-9-13-16-18-20-21-22-24-26-29-33-45(50)62-41(36-56-43(48)30-12-8-4)38-60-64(52,53)58-34-40(47)35-59-65(54,55)61-39-42(37-57-44(49)31-27-15-11-7-3)63-46(51)32-28-25-23-19-17-14-10-6-2/h40-42,47H,5-39H2,1-4H3,(H,52,53)(H,54,55)/t40-,41-,42-/m1/s1. The molecule has 0 heterocycles. The number of carbonyl (C=O) groups excluding carboxylic acids is 4. The van der Waals surface area contributed by atoms with Gasteiger partial charge >= 0.3 is 39.5 Å². The summed E-state index contributed by atoms with van der Waals surface area (Å²) in [5.41, 5.74) is 0. The van der Waals surface area contributed by atoms with Gasteiger partial charge in [0.05, 0.1) is 26.4 Å². The quantitative estimate of drug-likeness (QED) is 0.0222. The predicted molar refractivity (Wildman–Crippen MR) is 248 cm³/mol. The average Bonchev–Trinajstić information content (AvgIpc) is 3.27. The molecular weight excluding hydrogens is 886 g/mol. The van der Waals surface area contributed by atoms with Gasteiger partial charge in [0, 0.05) is 25.7 Å². The van der Waals surface area contributed by atoms with Crippen molar-refractivity contribution >= 4 is 39.5 Å². The molecule has 0 aromatic heterocycles. The number of esters is 4. The molecule has 0 aliphatic rings. The summed E-state index contributed by atoms with van der Waals surface area (Å²) in [7, 11) is -9.81. The van der Waals surface area contributed by atoms with E-state index in [1.165, 1.54) is 51.4 Å². The molecule has 0 aliphatic carbocycles. The first-order valence-electron chi connectivity index (χ1n) is 24.8. The zero-order valence-corrected chi connectivity index (χ0v) is 42.2. The number of hydrogen-bond donors (Lipinski definition) is 3. The van der Waals surface area contributed by atoms with Crippen molar-refractivity contribution in [3.8, 4) is 0 Å². The predicted octanol–water partition coefficient (Wildman–Crippen LogP) is 10.9. The Morgan fingerprint density at radius 3 is 0.969 bits per heavy atom. The summed E-state index contributed by atoms with van der Waals surface area (Å²) in [5.74, 6) is -2.22. The Hall–Kier alpha value is -1.94. The minimum atomic E-state index is -4.91. The maximum Gasteiger partial charge on any atom is 0.472 e. The highest BCUT2D eigenvalue weighted by Crippen LogP contribution is 2.45. The number of phosphoric ester groups is 2. The molecule has 0 aliphatic heterocycles. The smallest absolute Gasteiger partial charge is 0.462 e. The molecule has 0 aromatic rings. The number of hydrogen-bond acceptors (Lipinski definition) is 15. The van der Waals surface area contributed by atoms with Crippen molar-refractivity contribution in [2.75, 3.05) is 39.6 Å². The number of phosphoric acid groups is 2. The Morgan fingerprint density at radius 1 is 0.369 bits per heavy atom. The van der Waals surface area contributed by atoms with E-state index in [-0.39, 0.29) is 25.7 Å². The molecule has 0 saturated heterocycles. The van der Waals surface area contributed by atoms with Crippen LogP contribution < -0.4 is 0 Å². The fourth-order valence-corrected chi connectivity index (χ4v) is 8.01. The maximum absolute atomic E-state index is 12.7. The third-order valence-corrected chi connectivity index (χ3v) is 12.3. The molecule has 0 aromatic carbocycles. The van der Waals surface area contributed by atoms with Crippen LogP contribution in [0.2, 0.25) is 0 Å². The van der Waals surface area contributed by atoms with Crippen LogP contribution >= 0.6 is 15.6 Å². The minimum Gasteiger partial charge on any atom is -0.462 e. The first-order chi connectivity index (χ1) is 31.2. The summed E-state index contributed by atoms with van der Waals surface area (Å²) in [5, 5.41) is 10.3. The molecular formula is C46H88O17P2. The molecule has 0 saturated carbocycles. The van der Waals surface area contributed by atoms with E-state index in [0.717, 1.165) is 83.5 Å². The number of aliphatic hydroxyl groups is 1. The summed E-state index contributed by atoms with van der Waals surface area (Å²) in [4.78, 5) is 70.3. The van der Waals surface area contributed by atoms with E-state index in [1.807, 2.05) is 13.8 Å². The van der Waals surface area contributed by atoms with Crippen molar-refractivity contribution in [3.63, 3.8) is 0 Å². The van der Waals surface area contributed by atoms with Crippen molar-refractivity contribution in [1.82, 2.24) is 0 Å². The lowest BCUT2D eigenvalue weighted by molar-refractivity contribution is -0.161. The van der Waals surface area contributed by atoms with Crippen LogP contribution in [0.4, 0.5) is 0 Å². The summed E-state index contributed by atoms with van der Waals surface area (Å²) in [6.45, 7) is 4.33. The first-order valence-corrected chi connectivity index (χ1v) is 27.8. The van der Waals surface area contributed by atoms with Gasteiger partial charge in [-0.3, -0.25) is 37.3 Å². The van der Waals surface area contributed by atoms with E-state index in [9.17, 15) is 43.2 Å². The number of ether oxygens (including phenoxy) is 4. The zero-order valence-electron chi connectivity index (χ0n) is 40.4. The van der Waals surface area contributed by atoms with E-state index in [2.05, 4.69) is 13.8 Å². The normalized spacial score (nSPS) is 14.8. The highest BCUT2D eigenvalue weighted by Gasteiger charge is 2.30. The van der Waals surface area contributed by atoms with Crippen LogP contribution in [0.3, 0.4) is 0 Å². The van der Waals surface area contributed by atoms with Crippen LogP contribution in [0.1, 0.15) is 214 Å². The average molecular weight is 975 g/mol. The summed E-state index contributed by atoms with van der Waals surface area (Å²) in [6.07, 6.45) is 21.5. The molecule has 3 N–H and O–H groups in total. The van der Waals surface area contributed by atoms with Crippen molar-refractivity contribution in [2.45, 2.75) is 232 Å². The Labute approximate surface area is 390 Å². The summed E-state index contributed by atoms with van der Waals surface area (Å²) in [6, 6.07) is 0. The summed E-state index contributed by atoms with van der Waals surface area (Å²) < 4.78 is 66.4. The minimum absolute atomic E-state index is 0.103. The Morgan fingerprint density at radius 2 is 0.631 bits per heavy atom. The zero-order chi connectivity index (χ0) is 48.4. The SMILES string of the molecule is CCCCCCCCCCCCCC(=O)O[C@H](COC(=O)CCCC)COP(=O)(O)OC[C@@H](O)COP(=O)(O)OC[C@@H](COC(=O)CCCCCC)OC(=O)CCCCCCCCCC. The van der Waals surface area contributed by atoms with E-state index in [0.29, 0.717) is 25.7 Å². The second-order valence-corrected chi connectivity index (χ2v) is 19.7. The second-order valence-electron chi connectivity index (χ2n) is 16.8. The lowest BCUT2D eigenvalue weighted by atomic mass is 10.1. The van der Waals surface area contributed by atoms with Gasteiger partial charge in [-0.15, -0.1) is 0 Å². The van der Waals surface area contributed by atoms with Crippen LogP contribution in [-0.4, -0.2) is 96.7 Å². The number of rotatable bonds is 47. The van der Waals surface area contributed by atoms with Gasteiger partial charge in [0.1, 0.15) is 19.3 Å². The van der Waals surface area contributed by atoms with E-state index >= 15 is 0 Å². The highest BCUT2D eigenvalue weighted by molar-refractivity contribution is 7.47. The molecule has 0 radical (unpaired) electrons. The Bertz CT molecular complexity index is 1300. The van der Waals surface area contributed by atoms with Crippen LogP contribution in [-0.2, 0) is 65.4 Å². The van der Waals surface area contributed by atoms with Gasteiger partial charge in [-0.1, -0.05) is 163 Å². The van der Waals surface area contributed by atoms with Gasteiger partial charge in [0.25, 0.3) is 0 Å². The molecule has 0 fully saturated rings. The highest BCUT2D eigenvalue weighted by atomic mass is 31.2. The van der Waals surface area contributed by atoms with Crippen molar-refractivity contribution < 1.29 is 80.2 Å². The molecule has 0 bridgehead atoms. The number of carbonyl (C=O) groups is 4. The molecule has 17 nitrogen and oxygen atoms in total. The third-order valence-electron chi connectivity index (χ3n) is 10.4. The fraction of sp³-hybridized carbons (Fsp3) is 0.913. The maximum atomic E-state index is 12.7. The molecule has 5 atom stereocenters. The topological polar surface area (TPSA) is 237 Å². The molecule has 0 rings (SSSR count). The monoisotopic (exact) mass is 975 g/mol. The van der Waals surface area contributed by atoms with Crippen molar-refractivity contribution in [3.05, 3.63) is 0 Å². The first kappa shape index (κ1) is 63.1. The van der Waals surface area contributed by atoms with Crippen LogP contribution in [0.25, 0.3) is 0 Å².